The van der Waals surface area contributed by atoms with Crippen molar-refractivity contribution in [1.29, 1.82) is 5.26 Å². The molecule has 0 unspecified atom stereocenters. The molecule has 1 heterocycles. The lowest BCUT2D eigenvalue weighted by Gasteiger charge is -2.07. The summed E-state index contributed by atoms with van der Waals surface area (Å²) >= 11 is 3.37. The molecular formula is C17H10BrN3O. The number of nitriles is 1. The maximum Gasteiger partial charge on any atom is 0.269 e. The van der Waals surface area contributed by atoms with Crippen LogP contribution >= 0.6 is 15.9 Å². The highest BCUT2D eigenvalue weighted by Gasteiger charge is 2.14. The quantitative estimate of drug-likeness (QED) is 0.764. The summed E-state index contributed by atoms with van der Waals surface area (Å²) < 4.78 is 0.919. The van der Waals surface area contributed by atoms with Crippen molar-refractivity contribution in [3.05, 3.63) is 75.0 Å². The van der Waals surface area contributed by atoms with Crippen LogP contribution < -0.4 is 5.56 Å². The Bertz CT molecular complexity index is 909. The summed E-state index contributed by atoms with van der Waals surface area (Å²) in [6, 6.07) is 18.6. The van der Waals surface area contributed by atoms with E-state index in [4.69, 9.17) is 0 Å². The standard InChI is InChI=1S/C17H10BrN3O/c18-13-8-6-11(7-9-13)15-14(10-19)17(22)21-16(20-15)12-4-2-1-3-5-12/h1-9H,(H,20,21,22). The molecule has 22 heavy (non-hydrogen) atoms. The van der Waals surface area contributed by atoms with Crippen LogP contribution in [-0.2, 0) is 0 Å². The minimum absolute atomic E-state index is 0.0157. The smallest absolute Gasteiger partial charge is 0.269 e. The van der Waals surface area contributed by atoms with Crippen molar-refractivity contribution >= 4 is 15.9 Å². The zero-order valence-corrected chi connectivity index (χ0v) is 13.0. The molecule has 0 saturated carbocycles. The van der Waals surface area contributed by atoms with E-state index in [1.165, 1.54) is 0 Å². The van der Waals surface area contributed by atoms with Crippen LogP contribution in [0.5, 0.6) is 0 Å². The molecule has 0 atom stereocenters. The normalized spacial score (nSPS) is 10.2. The van der Waals surface area contributed by atoms with Gasteiger partial charge in [-0.2, -0.15) is 5.26 Å². The average molecular weight is 352 g/mol. The Morgan fingerprint density at radius 3 is 2.32 bits per heavy atom. The van der Waals surface area contributed by atoms with Gasteiger partial charge >= 0.3 is 0 Å². The molecule has 0 bridgehead atoms. The Balaban J connectivity index is 2.24. The van der Waals surface area contributed by atoms with Gasteiger partial charge < -0.3 is 4.98 Å². The van der Waals surface area contributed by atoms with Crippen molar-refractivity contribution in [2.24, 2.45) is 0 Å². The largest absolute Gasteiger partial charge is 0.305 e. The number of nitrogens with zero attached hydrogens (tertiary/aromatic N) is 2. The fourth-order valence-corrected chi connectivity index (χ4v) is 2.39. The molecule has 5 heteroatoms. The maximum atomic E-state index is 12.2. The van der Waals surface area contributed by atoms with Crippen LogP contribution in [0.4, 0.5) is 0 Å². The van der Waals surface area contributed by atoms with E-state index in [9.17, 15) is 10.1 Å². The number of benzene rings is 2. The molecule has 0 fully saturated rings. The SMILES string of the molecule is N#Cc1c(-c2ccc(Br)cc2)nc(-c2ccccc2)[nH]c1=O. The summed E-state index contributed by atoms with van der Waals surface area (Å²) in [4.78, 5) is 19.3. The van der Waals surface area contributed by atoms with Crippen molar-refractivity contribution < 1.29 is 0 Å². The number of halogens is 1. The maximum absolute atomic E-state index is 12.2. The Labute approximate surface area is 135 Å². The molecule has 1 N–H and O–H groups in total. The van der Waals surface area contributed by atoms with Gasteiger partial charge in [0.25, 0.3) is 5.56 Å². The van der Waals surface area contributed by atoms with E-state index in [0.717, 1.165) is 15.6 Å². The van der Waals surface area contributed by atoms with Gasteiger partial charge in [-0.3, -0.25) is 4.79 Å². The summed E-state index contributed by atoms with van der Waals surface area (Å²) in [6.45, 7) is 0. The second kappa shape index (κ2) is 5.96. The van der Waals surface area contributed by atoms with E-state index >= 15 is 0 Å². The van der Waals surface area contributed by atoms with Gasteiger partial charge in [0.1, 0.15) is 17.5 Å². The van der Waals surface area contributed by atoms with E-state index in [2.05, 4.69) is 25.9 Å². The third kappa shape index (κ3) is 2.69. The first kappa shape index (κ1) is 14.2. The second-order valence-corrected chi connectivity index (χ2v) is 5.54. The van der Waals surface area contributed by atoms with Crippen LogP contribution in [0.25, 0.3) is 22.6 Å². The highest BCUT2D eigenvalue weighted by molar-refractivity contribution is 9.10. The average Bonchev–Trinajstić information content (AvgIpc) is 2.55. The van der Waals surface area contributed by atoms with Crippen molar-refractivity contribution in [3.63, 3.8) is 0 Å². The Morgan fingerprint density at radius 1 is 1.00 bits per heavy atom. The minimum atomic E-state index is -0.436. The van der Waals surface area contributed by atoms with Crippen molar-refractivity contribution in [1.82, 2.24) is 9.97 Å². The molecule has 106 valence electrons. The number of H-pyrrole nitrogens is 1. The molecule has 0 amide bonds. The lowest BCUT2D eigenvalue weighted by Crippen LogP contribution is -2.15. The summed E-state index contributed by atoms with van der Waals surface area (Å²) in [5.74, 6) is 0.447. The van der Waals surface area contributed by atoms with E-state index in [0.29, 0.717) is 11.5 Å². The molecule has 4 nitrogen and oxygen atoms in total. The van der Waals surface area contributed by atoms with Gasteiger partial charge in [0.05, 0.1) is 5.69 Å². The molecule has 1 aromatic heterocycles. The molecule has 0 saturated heterocycles. The van der Waals surface area contributed by atoms with Crippen LogP contribution in [0.3, 0.4) is 0 Å². The number of hydrogen-bond donors (Lipinski definition) is 1. The zero-order chi connectivity index (χ0) is 15.5. The highest BCUT2D eigenvalue weighted by atomic mass is 79.9. The zero-order valence-electron chi connectivity index (χ0n) is 11.4. The van der Waals surface area contributed by atoms with E-state index in [1.807, 2.05) is 60.7 Å². The fraction of sp³-hybridized carbons (Fsp3) is 0. The number of aromatic nitrogens is 2. The van der Waals surface area contributed by atoms with Gasteiger partial charge in [-0.1, -0.05) is 58.4 Å². The Hall–Kier alpha value is -2.71. The third-order valence-electron chi connectivity index (χ3n) is 3.20. The monoisotopic (exact) mass is 351 g/mol. The lowest BCUT2D eigenvalue weighted by molar-refractivity contribution is 1.11. The summed E-state index contributed by atoms with van der Waals surface area (Å²) in [6.07, 6.45) is 0. The molecular weight excluding hydrogens is 342 g/mol. The van der Waals surface area contributed by atoms with E-state index in [1.54, 1.807) is 0 Å². The lowest BCUT2D eigenvalue weighted by atomic mass is 10.1. The van der Waals surface area contributed by atoms with Gasteiger partial charge in [0.2, 0.25) is 0 Å². The number of nitrogens with one attached hydrogen (secondary N) is 1. The number of rotatable bonds is 2. The molecule has 0 aliphatic heterocycles. The first-order valence-corrected chi connectivity index (χ1v) is 7.34. The van der Waals surface area contributed by atoms with Crippen molar-refractivity contribution in [2.75, 3.05) is 0 Å². The van der Waals surface area contributed by atoms with E-state index in [-0.39, 0.29) is 5.56 Å². The van der Waals surface area contributed by atoms with Gasteiger partial charge in [-0.15, -0.1) is 0 Å². The molecule has 0 aliphatic carbocycles. The summed E-state index contributed by atoms with van der Waals surface area (Å²) in [7, 11) is 0. The van der Waals surface area contributed by atoms with Crippen LogP contribution in [0, 0.1) is 11.3 Å². The van der Waals surface area contributed by atoms with Crippen molar-refractivity contribution in [2.45, 2.75) is 0 Å². The molecule has 2 aromatic carbocycles. The van der Waals surface area contributed by atoms with Crippen molar-refractivity contribution in [3.8, 4) is 28.7 Å². The van der Waals surface area contributed by atoms with E-state index < -0.39 is 5.56 Å². The summed E-state index contributed by atoms with van der Waals surface area (Å²) in [5.41, 5.74) is 1.49. The van der Waals surface area contributed by atoms with Crippen LogP contribution in [-0.4, -0.2) is 9.97 Å². The van der Waals surface area contributed by atoms with Gasteiger partial charge in [0, 0.05) is 15.6 Å². The first-order valence-electron chi connectivity index (χ1n) is 6.55. The molecule has 0 radical (unpaired) electrons. The van der Waals surface area contributed by atoms with Gasteiger partial charge in [0.15, 0.2) is 0 Å². The molecule has 0 aliphatic rings. The summed E-state index contributed by atoms with van der Waals surface area (Å²) in [5, 5.41) is 9.26. The number of hydrogen-bond acceptors (Lipinski definition) is 3. The van der Waals surface area contributed by atoms with Crippen LogP contribution in [0.2, 0.25) is 0 Å². The van der Waals surface area contributed by atoms with Crippen LogP contribution in [0.1, 0.15) is 5.56 Å². The molecule has 0 spiro atoms. The first-order chi connectivity index (χ1) is 10.7. The second-order valence-electron chi connectivity index (χ2n) is 4.62. The Kier molecular flexibility index (Phi) is 3.86. The van der Waals surface area contributed by atoms with Crippen LogP contribution in [0.15, 0.2) is 63.9 Å². The highest BCUT2D eigenvalue weighted by Crippen LogP contribution is 2.23. The molecule has 3 rings (SSSR count). The minimum Gasteiger partial charge on any atom is -0.305 e. The van der Waals surface area contributed by atoms with Gasteiger partial charge in [-0.25, -0.2) is 4.98 Å². The number of aromatic amines is 1. The predicted molar refractivity (Wildman–Crippen MR) is 88.1 cm³/mol. The molecule has 3 aromatic rings. The van der Waals surface area contributed by atoms with Gasteiger partial charge in [-0.05, 0) is 12.1 Å². The predicted octanol–water partition coefficient (Wildman–Crippen LogP) is 3.74. The fourth-order valence-electron chi connectivity index (χ4n) is 2.13. The Morgan fingerprint density at radius 2 is 1.68 bits per heavy atom. The topological polar surface area (TPSA) is 69.5 Å². The third-order valence-corrected chi connectivity index (χ3v) is 3.72.